The number of anilines is 1. The summed E-state index contributed by atoms with van der Waals surface area (Å²) in [6.45, 7) is 1.59. The Kier molecular flexibility index (Phi) is 3.41. The fourth-order valence-corrected chi connectivity index (χ4v) is 2.84. The predicted octanol–water partition coefficient (Wildman–Crippen LogP) is 2.61. The fourth-order valence-electron chi connectivity index (χ4n) is 2.20. The average Bonchev–Trinajstić information content (AvgIpc) is 2.87. The highest BCUT2D eigenvalue weighted by atomic mass is 32.1. The lowest BCUT2D eigenvalue weighted by molar-refractivity contribution is -0.148. The SMILES string of the molecule is CC1(C(=O)O)CCCC1Nc1nc(C(F)(F)F)ns1. The van der Waals surface area contributed by atoms with Crippen LogP contribution >= 0.6 is 11.5 Å². The zero-order valence-corrected chi connectivity index (χ0v) is 10.8. The standard InChI is InChI=1S/C10H12F3N3O2S/c1-9(7(17)18)4-2-3-5(9)14-8-15-6(16-19-8)10(11,12)13/h5H,2-4H2,1H3,(H,17,18)(H,14,15,16). The van der Waals surface area contributed by atoms with Crippen molar-refractivity contribution in [2.45, 2.75) is 38.4 Å². The van der Waals surface area contributed by atoms with Crippen molar-refractivity contribution < 1.29 is 23.1 Å². The van der Waals surface area contributed by atoms with Gasteiger partial charge in [0.25, 0.3) is 0 Å². The van der Waals surface area contributed by atoms with Gasteiger partial charge in [-0.05, 0) is 19.8 Å². The van der Waals surface area contributed by atoms with Gasteiger partial charge >= 0.3 is 12.1 Å². The monoisotopic (exact) mass is 295 g/mol. The quantitative estimate of drug-likeness (QED) is 0.896. The van der Waals surface area contributed by atoms with E-state index in [1.165, 1.54) is 0 Å². The zero-order valence-electron chi connectivity index (χ0n) is 9.99. The number of aromatic nitrogens is 2. The van der Waals surface area contributed by atoms with Gasteiger partial charge in [-0.1, -0.05) is 6.42 Å². The molecule has 0 amide bonds. The van der Waals surface area contributed by atoms with E-state index >= 15 is 0 Å². The number of nitrogens with one attached hydrogen (secondary N) is 1. The number of hydrogen-bond acceptors (Lipinski definition) is 5. The Bertz CT molecular complexity index is 491. The number of aliphatic carboxylic acids is 1. The van der Waals surface area contributed by atoms with E-state index in [-0.39, 0.29) is 5.13 Å². The van der Waals surface area contributed by atoms with Crippen LogP contribution in [0.15, 0.2) is 0 Å². The molecule has 9 heteroatoms. The molecule has 0 radical (unpaired) electrons. The number of carboxylic acids is 1. The van der Waals surface area contributed by atoms with Gasteiger partial charge in [-0.2, -0.15) is 22.5 Å². The maximum atomic E-state index is 12.4. The third-order valence-corrected chi connectivity index (χ3v) is 4.07. The molecule has 1 aliphatic rings. The molecule has 0 saturated heterocycles. The first kappa shape index (κ1) is 14.0. The summed E-state index contributed by atoms with van der Waals surface area (Å²) in [6.07, 6.45) is -2.79. The number of halogens is 3. The molecule has 0 spiro atoms. The number of nitrogens with zero attached hydrogens (tertiary/aromatic N) is 2. The summed E-state index contributed by atoms with van der Waals surface area (Å²) in [5.74, 6) is -2.15. The minimum atomic E-state index is -4.58. The van der Waals surface area contributed by atoms with Gasteiger partial charge in [-0.25, -0.2) is 0 Å². The lowest BCUT2D eigenvalue weighted by Gasteiger charge is -2.27. The topological polar surface area (TPSA) is 75.1 Å². The number of rotatable bonds is 3. The van der Waals surface area contributed by atoms with Crippen LogP contribution in [0.5, 0.6) is 0 Å². The number of alkyl halides is 3. The van der Waals surface area contributed by atoms with E-state index in [2.05, 4.69) is 14.7 Å². The number of hydrogen-bond donors (Lipinski definition) is 2. The lowest BCUT2D eigenvalue weighted by Crippen LogP contribution is -2.40. The van der Waals surface area contributed by atoms with Gasteiger partial charge < -0.3 is 10.4 Å². The van der Waals surface area contributed by atoms with Crippen molar-refractivity contribution in [1.29, 1.82) is 0 Å². The van der Waals surface area contributed by atoms with E-state index < -0.39 is 29.4 Å². The lowest BCUT2D eigenvalue weighted by atomic mass is 9.85. The van der Waals surface area contributed by atoms with Gasteiger partial charge in [0.2, 0.25) is 11.0 Å². The molecule has 2 unspecified atom stereocenters. The molecule has 19 heavy (non-hydrogen) atoms. The van der Waals surface area contributed by atoms with Gasteiger partial charge in [0, 0.05) is 17.6 Å². The van der Waals surface area contributed by atoms with Gasteiger partial charge in [-0.3, -0.25) is 4.79 Å². The highest BCUT2D eigenvalue weighted by Crippen LogP contribution is 2.40. The van der Waals surface area contributed by atoms with E-state index in [9.17, 15) is 23.1 Å². The van der Waals surface area contributed by atoms with Crippen molar-refractivity contribution in [3.63, 3.8) is 0 Å². The van der Waals surface area contributed by atoms with Crippen LogP contribution in [0.4, 0.5) is 18.3 Å². The Hall–Kier alpha value is -1.38. The van der Waals surface area contributed by atoms with Gasteiger partial charge in [0.05, 0.1) is 5.41 Å². The van der Waals surface area contributed by atoms with Crippen molar-refractivity contribution in [3.05, 3.63) is 5.82 Å². The second-order valence-electron chi connectivity index (χ2n) is 4.73. The second-order valence-corrected chi connectivity index (χ2v) is 5.48. The Morgan fingerprint density at radius 1 is 1.58 bits per heavy atom. The summed E-state index contributed by atoms with van der Waals surface area (Å²) in [7, 11) is 0. The summed E-state index contributed by atoms with van der Waals surface area (Å²) in [5.41, 5.74) is -0.982. The first-order chi connectivity index (χ1) is 8.73. The van der Waals surface area contributed by atoms with Crippen LogP contribution in [0.3, 0.4) is 0 Å². The van der Waals surface area contributed by atoms with Gasteiger partial charge in [0.15, 0.2) is 0 Å². The summed E-state index contributed by atoms with van der Waals surface area (Å²) >= 11 is 0.591. The van der Waals surface area contributed by atoms with Crippen molar-refractivity contribution >= 4 is 22.6 Å². The molecule has 1 fully saturated rings. The van der Waals surface area contributed by atoms with Crippen molar-refractivity contribution in [2.24, 2.45) is 5.41 Å². The summed E-state index contributed by atoms with van der Waals surface area (Å²) in [4.78, 5) is 14.6. The molecule has 5 nitrogen and oxygen atoms in total. The number of carbonyl (C=O) groups is 1. The molecule has 2 atom stereocenters. The molecule has 0 aromatic carbocycles. The van der Waals surface area contributed by atoms with Crippen LogP contribution in [0.2, 0.25) is 0 Å². The van der Waals surface area contributed by atoms with Crippen molar-refractivity contribution in [1.82, 2.24) is 9.36 Å². The molecule has 0 aliphatic heterocycles. The molecule has 0 bridgehead atoms. The predicted molar refractivity (Wildman–Crippen MR) is 61.9 cm³/mol. The van der Waals surface area contributed by atoms with Crippen LogP contribution in [-0.2, 0) is 11.0 Å². The minimum absolute atomic E-state index is 0.00620. The van der Waals surface area contributed by atoms with Crippen molar-refractivity contribution in [3.8, 4) is 0 Å². The Labute approximate surface area is 111 Å². The fraction of sp³-hybridized carbons (Fsp3) is 0.700. The average molecular weight is 295 g/mol. The third kappa shape index (κ3) is 2.65. The van der Waals surface area contributed by atoms with E-state index in [4.69, 9.17) is 0 Å². The molecule has 2 N–H and O–H groups in total. The largest absolute Gasteiger partial charge is 0.481 e. The molecule has 2 rings (SSSR count). The van der Waals surface area contributed by atoms with Crippen LogP contribution in [0.25, 0.3) is 0 Å². The van der Waals surface area contributed by atoms with Crippen LogP contribution < -0.4 is 5.32 Å². The van der Waals surface area contributed by atoms with Crippen LogP contribution in [0.1, 0.15) is 32.0 Å². The third-order valence-electron chi connectivity index (χ3n) is 3.42. The van der Waals surface area contributed by atoms with E-state index in [0.717, 1.165) is 0 Å². The van der Waals surface area contributed by atoms with Crippen molar-refractivity contribution in [2.75, 3.05) is 5.32 Å². The second kappa shape index (κ2) is 4.62. The maximum absolute atomic E-state index is 12.4. The molecule has 1 aliphatic carbocycles. The van der Waals surface area contributed by atoms with Gasteiger partial charge in [0.1, 0.15) is 0 Å². The van der Waals surface area contributed by atoms with E-state index in [1.54, 1.807) is 6.92 Å². The molecule has 1 aromatic rings. The molecule has 1 aromatic heterocycles. The highest BCUT2D eigenvalue weighted by Gasteiger charge is 2.46. The summed E-state index contributed by atoms with van der Waals surface area (Å²) in [6, 6.07) is -0.431. The number of carboxylic acid groups (broad SMARTS) is 1. The smallest absolute Gasteiger partial charge is 0.452 e. The first-order valence-electron chi connectivity index (χ1n) is 5.64. The summed E-state index contributed by atoms with van der Waals surface area (Å²) < 4.78 is 40.3. The van der Waals surface area contributed by atoms with E-state index in [0.29, 0.717) is 30.8 Å². The first-order valence-corrected chi connectivity index (χ1v) is 6.41. The maximum Gasteiger partial charge on any atom is 0.452 e. The highest BCUT2D eigenvalue weighted by molar-refractivity contribution is 7.09. The normalized spacial score (nSPS) is 27.5. The van der Waals surface area contributed by atoms with Gasteiger partial charge in [-0.15, -0.1) is 0 Å². The van der Waals surface area contributed by atoms with Crippen LogP contribution in [0, 0.1) is 5.41 Å². The molecular formula is C10H12F3N3O2S. The molecule has 106 valence electrons. The van der Waals surface area contributed by atoms with Crippen LogP contribution in [-0.4, -0.2) is 26.5 Å². The molecular weight excluding hydrogens is 283 g/mol. The van der Waals surface area contributed by atoms with E-state index in [1.807, 2.05) is 0 Å². The summed E-state index contributed by atoms with van der Waals surface area (Å²) in [5, 5.41) is 12.0. The Morgan fingerprint density at radius 3 is 2.79 bits per heavy atom. The Morgan fingerprint density at radius 2 is 2.26 bits per heavy atom. The Balaban J connectivity index is 2.13. The molecule has 1 heterocycles. The zero-order chi connectivity index (χ0) is 14.3. The minimum Gasteiger partial charge on any atom is -0.481 e. The molecule has 1 saturated carbocycles.